The Balaban J connectivity index is 2.39. The van der Waals surface area contributed by atoms with E-state index in [4.69, 9.17) is 5.73 Å². The van der Waals surface area contributed by atoms with Gasteiger partial charge < -0.3 is 5.73 Å². The van der Waals surface area contributed by atoms with Crippen LogP contribution >= 0.6 is 11.8 Å². The summed E-state index contributed by atoms with van der Waals surface area (Å²) in [5, 5.41) is 29.2. The quantitative estimate of drug-likeness (QED) is 0.790. The summed E-state index contributed by atoms with van der Waals surface area (Å²) in [5.74, 6) is -0.731. The molecule has 2 aliphatic rings. The van der Waals surface area contributed by atoms with Gasteiger partial charge in [-0.3, -0.25) is 0 Å². The lowest BCUT2D eigenvalue weighted by molar-refractivity contribution is -0.138. The van der Waals surface area contributed by atoms with Crippen LogP contribution in [-0.4, -0.2) is 11.5 Å². The number of allylic oxidation sites excluding steroid dienone is 3. The fourth-order valence-electron chi connectivity index (χ4n) is 3.86. The molecule has 2 atom stereocenters. The topological polar surface area (TPSA) is 97.4 Å². The van der Waals surface area contributed by atoms with Crippen molar-refractivity contribution in [3.63, 3.8) is 0 Å². The number of fused-ring (bicyclic) bond motifs is 1. The van der Waals surface area contributed by atoms with Gasteiger partial charge in [-0.05, 0) is 17.2 Å². The highest BCUT2D eigenvalue weighted by atomic mass is 32.2. The first kappa shape index (κ1) is 18.9. The predicted octanol–water partition coefficient (Wildman–Crippen LogP) is 3.86. The first-order valence-corrected chi connectivity index (χ1v) is 9.14. The van der Waals surface area contributed by atoms with Crippen molar-refractivity contribution in [3.8, 4) is 18.2 Å². The molecule has 0 spiro atoms. The minimum atomic E-state index is -4.65. The number of halogens is 3. The van der Waals surface area contributed by atoms with E-state index in [1.165, 1.54) is 30.0 Å². The lowest BCUT2D eigenvalue weighted by Crippen LogP contribution is -2.44. The van der Waals surface area contributed by atoms with Crippen LogP contribution in [0.2, 0.25) is 0 Å². The van der Waals surface area contributed by atoms with Gasteiger partial charge in [-0.25, -0.2) is 0 Å². The highest BCUT2D eigenvalue weighted by Gasteiger charge is 2.55. The van der Waals surface area contributed by atoms with E-state index >= 15 is 0 Å². The van der Waals surface area contributed by atoms with E-state index in [1.807, 2.05) is 18.2 Å². The fraction of sp³-hybridized carbons (Fsp3) is 0.316. The zero-order valence-electron chi connectivity index (χ0n) is 13.9. The SMILES string of the molecule is N#CC1=C(N)C(C#N)(C#N)[C@H](c2ccccc2C(F)(F)F)[C@@H]2CSCC=C12. The van der Waals surface area contributed by atoms with Gasteiger partial charge in [-0.1, -0.05) is 24.3 Å². The van der Waals surface area contributed by atoms with Gasteiger partial charge in [0.1, 0.15) is 6.07 Å². The molecule has 0 amide bonds. The molecule has 1 heterocycles. The Bertz CT molecular complexity index is 958. The average Bonchev–Trinajstić information content (AvgIpc) is 2.66. The van der Waals surface area contributed by atoms with E-state index in [1.54, 1.807) is 6.08 Å². The van der Waals surface area contributed by atoms with Gasteiger partial charge in [-0.15, -0.1) is 0 Å². The Labute approximate surface area is 158 Å². The number of alkyl halides is 3. The smallest absolute Gasteiger partial charge is 0.399 e. The molecule has 8 heteroatoms. The molecule has 1 aliphatic carbocycles. The molecule has 1 aromatic rings. The molecule has 0 radical (unpaired) electrons. The van der Waals surface area contributed by atoms with Crippen LogP contribution in [0.4, 0.5) is 13.2 Å². The normalized spacial score (nSPS) is 24.1. The average molecular weight is 386 g/mol. The molecule has 1 aromatic carbocycles. The minimum Gasteiger partial charge on any atom is -0.399 e. The van der Waals surface area contributed by atoms with Crippen molar-refractivity contribution < 1.29 is 13.2 Å². The molecule has 0 saturated carbocycles. The van der Waals surface area contributed by atoms with Crippen LogP contribution in [0, 0.1) is 45.3 Å². The van der Waals surface area contributed by atoms with Gasteiger partial charge in [0, 0.05) is 23.3 Å². The summed E-state index contributed by atoms with van der Waals surface area (Å²) in [5.41, 5.74) is 3.26. The van der Waals surface area contributed by atoms with Gasteiger partial charge >= 0.3 is 6.18 Å². The Morgan fingerprint density at radius 3 is 2.41 bits per heavy atom. The number of hydrogen-bond acceptors (Lipinski definition) is 5. The summed E-state index contributed by atoms with van der Waals surface area (Å²) < 4.78 is 40.9. The number of nitrogens with two attached hydrogens (primary N) is 1. The molecular weight excluding hydrogens is 373 g/mol. The van der Waals surface area contributed by atoms with E-state index in [-0.39, 0.29) is 16.8 Å². The first-order valence-electron chi connectivity index (χ1n) is 7.99. The molecule has 0 fully saturated rings. The van der Waals surface area contributed by atoms with E-state index in [2.05, 4.69) is 0 Å². The highest BCUT2D eigenvalue weighted by molar-refractivity contribution is 7.99. The summed E-state index contributed by atoms with van der Waals surface area (Å²) in [6, 6.07) is 10.6. The zero-order valence-corrected chi connectivity index (χ0v) is 14.7. The van der Waals surface area contributed by atoms with Gasteiger partial charge in [-0.2, -0.15) is 40.7 Å². The summed E-state index contributed by atoms with van der Waals surface area (Å²) in [6.45, 7) is 0. The van der Waals surface area contributed by atoms with Crippen molar-refractivity contribution in [1.82, 2.24) is 0 Å². The van der Waals surface area contributed by atoms with E-state index in [0.717, 1.165) is 6.07 Å². The van der Waals surface area contributed by atoms with Crippen molar-refractivity contribution in [2.75, 3.05) is 11.5 Å². The van der Waals surface area contributed by atoms with Gasteiger partial charge in [0.05, 0.1) is 29.0 Å². The number of rotatable bonds is 1. The van der Waals surface area contributed by atoms with Crippen LogP contribution in [0.3, 0.4) is 0 Å². The van der Waals surface area contributed by atoms with Crippen LogP contribution in [0.1, 0.15) is 17.0 Å². The van der Waals surface area contributed by atoms with Crippen molar-refractivity contribution >= 4 is 11.8 Å². The molecule has 1 aliphatic heterocycles. The number of thioether (sulfide) groups is 1. The van der Waals surface area contributed by atoms with Crippen LogP contribution in [-0.2, 0) is 6.18 Å². The molecule has 0 bridgehead atoms. The summed E-state index contributed by atoms with van der Waals surface area (Å²) in [4.78, 5) is 0. The van der Waals surface area contributed by atoms with Crippen molar-refractivity contribution in [1.29, 1.82) is 15.8 Å². The van der Waals surface area contributed by atoms with Crippen LogP contribution in [0.5, 0.6) is 0 Å². The Morgan fingerprint density at radius 1 is 1.15 bits per heavy atom. The third-order valence-electron chi connectivity index (χ3n) is 5.04. The van der Waals surface area contributed by atoms with Crippen molar-refractivity contribution in [2.45, 2.75) is 12.1 Å². The second kappa shape index (κ2) is 6.68. The first-order chi connectivity index (χ1) is 12.8. The van der Waals surface area contributed by atoms with Crippen LogP contribution < -0.4 is 5.73 Å². The number of benzene rings is 1. The second-order valence-electron chi connectivity index (χ2n) is 6.30. The molecule has 0 saturated heterocycles. The Hall–Kier alpha value is -2.89. The maximum Gasteiger partial charge on any atom is 0.416 e. The molecular formula is C19H13F3N4S. The lowest BCUT2D eigenvalue weighted by Gasteiger charge is -2.43. The molecule has 3 rings (SSSR count). The van der Waals surface area contributed by atoms with Crippen LogP contribution in [0.25, 0.3) is 0 Å². The van der Waals surface area contributed by atoms with Gasteiger partial charge in [0.2, 0.25) is 0 Å². The third-order valence-corrected chi connectivity index (χ3v) is 6.03. The van der Waals surface area contributed by atoms with E-state index < -0.39 is 29.0 Å². The molecule has 27 heavy (non-hydrogen) atoms. The van der Waals surface area contributed by atoms with Gasteiger partial charge in [0.15, 0.2) is 5.41 Å². The Morgan fingerprint density at radius 2 is 1.81 bits per heavy atom. The Kier molecular flexibility index (Phi) is 4.68. The van der Waals surface area contributed by atoms with Gasteiger partial charge in [0.25, 0.3) is 0 Å². The maximum atomic E-state index is 13.6. The van der Waals surface area contributed by atoms with E-state index in [9.17, 15) is 29.0 Å². The molecule has 0 aromatic heterocycles. The molecule has 4 nitrogen and oxygen atoms in total. The number of hydrogen-bond donors (Lipinski definition) is 1. The summed E-state index contributed by atoms with van der Waals surface area (Å²) >= 11 is 1.48. The summed E-state index contributed by atoms with van der Waals surface area (Å²) in [7, 11) is 0. The van der Waals surface area contributed by atoms with E-state index in [0.29, 0.717) is 17.1 Å². The minimum absolute atomic E-state index is 0.0316. The standard InChI is InChI=1S/C19H13F3N4S/c20-19(21,22)15-4-2-1-3-12(15)16-14-8-27-6-5-11(14)13(7-23)17(26)18(16,9-24)10-25/h1-5,14,16H,6,8,26H2/t14-,16-/m1/s1. The monoisotopic (exact) mass is 386 g/mol. The fourth-order valence-corrected chi connectivity index (χ4v) is 4.92. The summed E-state index contributed by atoms with van der Waals surface area (Å²) in [6.07, 6.45) is -2.89. The molecule has 136 valence electrons. The van der Waals surface area contributed by atoms with Crippen molar-refractivity contribution in [2.24, 2.45) is 17.1 Å². The van der Waals surface area contributed by atoms with Crippen molar-refractivity contribution in [3.05, 3.63) is 58.3 Å². The second-order valence-corrected chi connectivity index (χ2v) is 7.37. The van der Waals surface area contributed by atoms with Crippen LogP contribution in [0.15, 0.2) is 47.2 Å². The molecule has 2 N–H and O–H groups in total. The largest absolute Gasteiger partial charge is 0.416 e. The number of nitrogens with zero attached hydrogens (tertiary/aromatic N) is 3. The lowest BCUT2D eigenvalue weighted by atomic mass is 9.58. The maximum absolute atomic E-state index is 13.6. The number of nitriles is 3. The predicted molar refractivity (Wildman–Crippen MR) is 93.6 cm³/mol. The molecule has 0 unspecified atom stereocenters. The third kappa shape index (κ3) is 2.76. The highest BCUT2D eigenvalue weighted by Crippen LogP contribution is 2.56. The zero-order chi connectivity index (χ0) is 19.8.